The number of hydrogen-bond donors (Lipinski definition) is 1. The Balaban J connectivity index is 1.04. The van der Waals surface area contributed by atoms with Crippen molar-refractivity contribution in [3.8, 4) is 0 Å². The highest BCUT2D eigenvalue weighted by Crippen LogP contribution is 2.59. The van der Waals surface area contributed by atoms with Crippen molar-refractivity contribution in [1.82, 2.24) is 19.2 Å². The summed E-state index contributed by atoms with van der Waals surface area (Å²) in [6.07, 6.45) is 4.88. The molecule has 5 heterocycles. The molecule has 0 saturated carbocycles. The molecule has 3 saturated heterocycles. The standard InChI is InChI=1S/C39H44N5O5PSi/c1-4-32-35(36(46-2)39(47-32)43-26-41-34-30(22-23-40-37(34)43)42-38(45)27-15-8-5-9-16-27)49-50-44-24-14-21-31(44)33(48-50)25-51(3,28-17-10-6-11-18-28)29-19-12-7-13-20-29/h5-13,15-20,22-23,26,31-33,35-36,39H,4,14,21,24-25H2,1-3H3,(H,40,42,45)/t31-,32+,33+,35-,36?,39+,50+/m0/s1. The molecule has 51 heavy (non-hydrogen) atoms. The fraction of sp³-hybridized carbons (Fsp3) is 0.359. The second-order valence-electron chi connectivity index (χ2n) is 13.8. The zero-order valence-electron chi connectivity index (χ0n) is 29.2. The zero-order valence-corrected chi connectivity index (χ0v) is 31.1. The number of carbonyl (C=O) groups is 1. The van der Waals surface area contributed by atoms with Crippen molar-refractivity contribution in [2.75, 3.05) is 19.0 Å². The quantitative estimate of drug-likeness (QED) is 0.124. The van der Waals surface area contributed by atoms with Crippen LogP contribution < -0.4 is 15.7 Å². The van der Waals surface area contributed by atoms with Crippen LogP contribution in [0, 0.1) is 0 Å². The molecule has 1 N–H and O–H groups in total. The molecule has 0 bridgehead atoms. The van der Waals surface area contributed by atoms with Gasteiger partial charge in [-0.05, 0) is 43.5 Å². The Hall–Kier alpha value is -3.80. The summed E-state index contributed by atoms with van der Waals surface area (Å²) >= 11 is 0. The number of carbonyl (C=O) groups excluding carboxylic acids is 1. The molecule has 1 amide bonds. The zero-order chi connectivity index (χ0) is 35.0. The molecule has 10 nitrogen and oxygen atoms in total. The number of anilines is 1. The van der Waals surface area contributed by atoms with E-state index in [2.05, 4.69) is 94.1 Å². The molecule has 0 aliphatic carbocycles. The van der Waals surface area contributed by atoms with Crippen LogP contribution in [-0.2, 0) is 18.5 Å². The van der Waals surface area contributed by atoms with Crippen molar-refractivity contribution in [2.24, 2.45) is 0 Å². The Bertz CT molecular complexity index is 1910. The summed E-state index contributed by atoms with van der Waals surface area (Å²) in [6.45, 7) is 5.55. The SMILES string of the molecule is CC[C@H]1O[C@@H](n2cnc3c(NC(=O)c4ccccc4)ccnc32)C(OC)[C@H]1O[P@@]1O[C@H](C[Si](C)(c2ccccc2)c2ccccc2)[C@@H]2CCCN21. The monoisotopic (exact) mass is 721 g/mol. The average molecular weight is 722 g/mol. The molecule has 1 unspecified atom stereocenters. The predicted molar refractivity (Wildman–Crippen MR) is 202 cm³/mol. The maximum absolute atomic E-state index is 13.0. The number of rotatable bonds is 11. The van der Waals surface area contributed by atoms with Crippen LogP contribution in [0.3, 0.4) is 0 Å². The number of aromatic nitrogens is 3. The molecule has 3 aliphatic rings. The summed E-state index contributed by atoms with van der Waals surface area (Å²) < 4.78 is 31.3. The Morgan fingerprint density at radius 3 is 2.29 bits per heavy atom. The summed E-state index contributed by atoms with van der Waals surface area (Å²) in [6, 6.07) is 34.2. The Morgan fingerprint density at radius 2 is 1.63 bits per heavy atom. The first-order valence-corrected chi connectivity index (χ1v) is 21.7. The van der Waals surface area contributed by atoms with E-state index in [0.717, 1.165) is 31.9 Å². The third-order valence-corrected chi connectivity index (χ3v) is 17.0. The number of pyridine rings is 1. The first kappa shape index (κ1) is 34.3. The van der Waals surface area contributed by atoms with Gasteiger partial charge in [0, 0.05) is 31.5 Å². The van der Waals surface area contributed by atoms with Crippen molar-refractivity contribution in [2.45, 2.75) is 75.5 Å². The lowest BCUT2D eigenvalue weighted by Crippen LogP contribution is -2.58. The molecule has 264 valence electrons. The lowest BCUT2D eigenvalue weighted by molar-refractivity contribution is -0.0493. The Kier molecular flexibility index (Phi) is 9.87. The molecule has 7 atom stereocenters. The van der Waals surface area contributed by atoms with Gasteiger partial charge in [0.2, 0.25) is 0 Å². The van der Waals surface area contributed by atoms with Crippen LogP contribution in [0.25, 0.3) is 11.2 Å². The van der Waals surface area contributed by atoms with Crippen molar-refractivity contribution >= 4 is 49.7 Å². The van der Waals surface area contributed by atoms with Gasteiger partial charge < -0.3 is 23.8 Å². The van der Waals surface area contributed by atoms with Crippen LogP contribution in [-0.4, -0.2) is 77.3 Å². The van der Waals surface area contributed by atoms with Gasteiger partial charge in [-0.15, -0.1) is 0 Å². The van der Waals surface area contributed by atoms with E-state index in [0.29, 0.717) is 28.5 Å². The van der Waals surface area contributed by atoms with Gasteiger partial charge in [0.1, 0.15) is 25.8 Å². The molecule has 3 fully saturated rings. The lowest BCUT2D eigenvalue weighted by atomic mass is 10.1. The van der Waals surface area contributed by atoms with E-state index in [-0.39, 0.29) is 24.2 Å². The third kappa shape index (κ3) is 6.46. The maximum Gasteiger partial charge on any atom is 0.259 e. The van der Waals surface area contributed by atoms with E-state index >= 15 is 0 Å². The second kappa shape index (κ2) is 14.7. The molecule has 3 aromatic carbocycles. The van der Waals surface area contributed by atoms with E-state index in [1.807, 2.05) is 22.8 Å². The number of methoxy groups -OCH3 is 1. The molecule has 2 aromatic heterocycles. The van der Waals surface area contributed by atoms with E-state index in [4.69, 9.17) is 18.5 Å². The average Bonchev–Trinajstić information content (AvgIpc) is 3.97. The summed E-state index contributed by atoms with van der Waals surface area (Å²) in [5, 5.41) is 5.84. The highest BCUT2D eigenvalue weighted by Gasteiger charge is 2.54. The van der Waals surface area contributed by atoms with Gasteiger partial charge in [-0.1, -0.05) is 103 Å². The predicted octanol–water partition coefficient (Wildman–Crippen LogP) is 6.37. The van der Waals surface area contributed by atoms with Gasteiger partial charge in [-0.3, -0.25) is 9.36 Å². The van der Waals surface area contributed by atoms with Crippen molar-refractivity contribution in [3.63, 3.8) is 0 Å². The normalized spacial score (nSPS) is 26.5. The number of ether oxygens (including phenoxy) is 2. The summed E-state index contributed by atoms with van der Waals surface area (Å²) in [5.41, 5.74) is 2.32. The van der Waals surface area contributed by atoms with Crippen LogP contribution >= 0.6 is 8.53 Å². The smallest absolute Gasteiger partial charge is 0.259 e. The number of benzene rings is 3. The van der Waals surface area contributed by atoms with Gasteiger partial charge in [-0.2, -0.15) is 0 Å². The molecular formula is C39H44N5O5PSi. The Morgan fingerprint density at radius 1 is 0.941 bits per heavy atom. The minimum absolute atomic E-state index is 0.0705. The fourth-order valence-corrected chi connectivity index (χ4v) is 14.0. The third-order valence-electron chi connectivity index (χ3n) is 10.8. The van der Waals surface area contributed by atoms with Gasteiger partial charge in [0.25, 0.3) is 14.4 Å². The molecule has 12 heteroatoms. The first-order valence-electron chi connectivity index (χ1n) is 17.9. The van der Waals surface area contributed by atoms with Gasteiger partial charge >= 0.3 is 0 Å². The number of fused-ring (bicyclic) bond motifs is 2. The van der Waals surface area contributed by atoms with Crippen molar-refractivity contribution in [3.05, 3.63) is 115 Å². The number of nitrogens with one attached hydrogen (secondary N) is 1. The maximum atomic E-state index is 13.0. The molecule has 3 aliphatic heterocycles. The lowest BCUT2D eigenvalue weighted by Gasteiger charge is -2.32. The van der Waals surface area contributed by atoms with Gasteiger partial charge in [0.15, 0.2) is 11.9 Å². The highest BCUT2D eigenvalue weighted by molar-refractivity contribution is 7.45. The molecule has 8 rings (SSSR count). The van der Waals surface area contributed by atoms with E-state index in [9.17, 15) is 4.79 Å². The van der Waals surface area contributed by atoms with Crippen molar-refractivity contribution < 1.29 is 23.3 Å². The molecule has 0 radical (unpaired) electrons. The molecular weight excluding hydrogens is 678 g/mol. The minimum Gasteiger partial charge on any atom is -0.374 e. The number of amides is 1. The summed E-state index contributed by atoms with van der Waals surface area (Å²) in [5.74, 6) is -0.211. The first-order chi connectivity index (χ1) is 25.0. The Labute approximate surface area is 301 Å². The molecule has 5 aromatic rings. The largest absolute Gasteiger partial charge is 0.374 e. The topological polar surface area (TPSA) is 100.0 Å². The van der Waals surface area contributed by atoms with Crippen LogP contribution in [0.5, 0.6) is 0 Å². The summed E-state index contributed by atoms with van der Waals surface area (Å²) in [7, 11) is -1.77. The highest BCUT2D eigenvalue weighted by atomic mass is 31.2. The number of nitrogens with zero attached hydrogens (tertiary/aromatic N) is 4. The van der Waals surface area contributed by atoms with E-state index in [1.165, 1.54) is 10.4 Å². The van der Waals surface area contributed by atoms with Gasteiger partial charge in [0.05, 0.1) is 24.2 Å². The van der Waals surface area contributed by atoms with E-state index in [1.54, 1.807) is 37.8 Å². The van der Waals surface area contributed by atoms with Crippen LogP contribution in [0.2, 0.25) is 12.6 Å². The van der Waals surface area contributed by atoms with Crippen LogP contribution in [0.15, 0.2) is 110 Å². The minimum atomic E-state index is -2.14. The fourth-order valence-electron chi connectivity index (χ4n) is 8.03. The number of hydrogen-bond acceptors (Lipinski definition) is 8. The van der Waals surface area contributed by atoms with Crippen LogP contribution in [0.4, 0.5) is 5.69 Å². The van der Waals surface area contributed by atoms with Crippen LogP contribution in [0.1, 0.15) is 42.8 Å². The number of imidazole rings is 1. The molecule has 0 spiro atoms. The summed E-state index contributed by atoms with van der Waals surface area (Å²) in [4.78, 5) is 22.3. The van der Waals surface area contributed by atoms with Crippen molar-refractivity contribution in [1.29, 1.82) is 0 Å². The van der Waals surface area contributed by atoms with E-state index < -0.39 is 28.9 Å². The van der Waals surface area contributed by atoms with Gasteiger partial charge in [-0.25, -0.2) is 14.6 Å². The second-order valence-corrected chi connectivity index (χ2v) is 19.4.